The summed E-state index contributed by atoms with van der Waals surface area (Å²) in [5.74, 6) is -0.0136. The normalized spacial score (nSPS) is 18.0. The SMILES string of the molecule is CC(C)C(=O)COC1CCN(CC(=O)OC(C)(C)C)CC1. The van der Waals surface area contributed by atoms with Crippen molar-refractivity contribution in [2.75, 3.05) is 26.2 Å². The summed E-state index contributed by atoms with van der Waals surface area (Å²) >= 11 is 0. The third kappa shape index (κ3) is 7.58. The van der Waals surface area contributed by atoms with Crippen LogP contribution in [-0.4, -0.2) is 54.6 Å². The molecule has 0 amide bonds. The highest BCUT2D eigenvalue weighted by atomic mass is 16.6. The smallest absolute Gasteiger partial charge is 0.320 e. The summed E-state index contributed by atoms with van der Waals surface area (Å²) in [5.41, 5.74) is -0.435. The summed E-state index contributed by atoms with van der Waals surface area (Å²) in [6.07, 6.45) is 1.84. The number of likely N-dealkylation sites (tertiary alicyclic amines) is 1. The van der Waals surface area contributed by atoms with Crippen molar-refractivity contribution in [3.05, 3.63) is 0 Å². The minimum absolute atomic E-state index is 0.0252. The number of nitrogens with zero attached hydrogens (tertiary/aromatic N) is 1. The van der Waals surface area contributed by atoms with Gasteiger partial charge in [-0.25, -0.2) is 0 Å². The molecule has 1 fully saturated rings. The van der Waals surface area contributed by atoms with E-state index in [4.69, 9.17) is 9.47 Å². The van der Waals surface area contributed by atoms with Crippen LogP contribution in [0.3, 0.4) is 0 Å². The Morgan fingerprint density at radius 1 is 1.19 bits per heavy atom. The number of piperidine rings is 1. The quantitative estimate of drug-likeness (QED) is 0.702. The fourth-order valence-corrected chi connectivity index (χ4v) is 2.16. The van der Waals surface area contributed by atoms with Crippen molar-refractivity contribution in [1.29, 1.82) is 0 Å². The van der Waals surface area contributed by atoms with Crippen LogP contribution in [0.2, 0.25) is 0 Å². The van der Waals surface area contributed by atoms with E-state index in [0.29, 0.717) is 6.54 Å². The number of ether oxygens (including phenoxy) is 2. The minimum atomic E-state index is -0.435. The molecule has 5 heteroatoms. The molecule has 0 bridgehead atoms. The van der Waals surface area contributed by atoms with Gasteiger partial charge in [0, 0.05) is 19.0 Å². The van der Waals surface area contributed by atoms with E-state index >= 15 is 0 Å². The second-order valence-corrected chi connectivity index (χ2v) is 6.99. The lowest BCUT2D eigenvalue weighted by molar-refractivity contribution is -0.156. The Balaban J connectivity index is 2.23. The van der Waals surface area contributed by atoms with Crippen LogP contribution in [0.5, 0.6) is 0 Å². The lowest BCUT2D eigenvalue weighted by Crippen LogP contribution is -2.42. The molecule has 0 atom stereocenters. The van der Waals surface area contributed by atoms with E-state index in [-0.39, 0.29) is 30.4 Å². The maximum Gasteiger partial charge on any atom is 0.320 e. The van der Waals surface area contributed by atoms with Crippen molar-refractivity contribution in [3.8, 4) is 0 Å². The molecule has 5 nitrogen and oxygen atoms in total. The average molecular weight is 299 g/mol. The maximum atomic E-state index is 11.8. The highest BCUT2D eigenvalue weighted by Gasteiger charge is 2.24. The van der Waals surface area contributed by atoms with Gasteiger partial charge in [0.1, 0.15) is 12.2 Å². The molecule has 1 rings (SSSR count). The molecule has 0 aliphatic carbocycles. The molecule has 0 unspecified atom stereocenters. The first-order chi connectivity index (χ1) is 9.67. The van der Waals surface area contributed by atoms with Gasteiger partial charge in [-0.3, -0.25) is 14.5 Å². The van der Waals surface area contributed by atoms with Crippen LogP contribution in [0.4, 0.5) is 0 Å². The largest absolute Gasteiger partial charge is 0.459 e. The van der Waals surface area contributed by atoms with Gasteiger partial charge in [0.15, 0.2) is 5.78 Å². The van der Waals surface area contributed by atoms with Crippen molar-refractivity contribution in [2.24, 2.45) is 5.92 Å². The van der Waals surface area contributed by atoms with E-state index in [9.17, 15) is 9.59 Å². The summed E-state index contributed by atoms with van der Waals surface area (Å²) in [6.45, 7) is 11.5. The molecule has 0 N–H and O–H groups in total. The molecule has 1 aliphatic heterocycles. The standard InChI is InChI=1S/C16H29NO4/c1-12(2)14(18)11-20-13-6-8-17(9-7-13)10-15(19)21-16(3,4)5/h12-13H,6-11H2,1-5H3. The topological polar surface area (TPSA) is 55.8 Å². The molecule has 122 valence electrons. The highest BCUT2D eigenvalue weighted by Crippen LogP contribution is 2.15. The monoisotopic (exact) mass is 299 g/mol. The van der Waals surface area contributed by atoms with Gasteiger partial charge in [0.05, 0.1) is 12.6 Å². The molecule has 1 aliphatic rings. The van der Waals surface area contributed by atoms with Gasteiger partial charge in [-0.1, -0.05) is 13.8 Å². The Morgan fingerprint density at radius 3 is 2.24 bits per heavy atom. The van der Waals surface area contributed by atoms with Gasteiger partial charge in [0.2, 0.25) is 0 Å². The molecule has 0 radical (unpaired) electrons. The van der Waals surface area contributed by atoms with Gasteiger partial charge in [-0.2, -0.15) is 0 Å². The van der Waals surface area contributed by atoms with Crippen LogP contribution in [0, 0.1) is 5.92 Å². The summed E-state index contributed by atoms with van der Waals surface area (Å²) in [4.78, 5) is 25.4. The third-order valence-electron chi connectivity index (χ3n) is 3.41. The predicted octanol–water partition coefficient (Wildman–Crippen LogP) is 2.03. The van der Waals surface area contributed by atoms with Gasteiger partial charge in [-0.15, -0.1) is 0 Å². The minimum Gasteiger partial charge on any atom is -0.459 e. The van der Waals surface area contributed by atoms with Crippen molar-refractivity contribution in [3.63, 3.8) is 0 Å². The number of hydrogen-bond donors (Lipinski definition) is 0. The fourth-order valence-electron chi connectivity index (χ4n) is 2.16. The average Bonchev–Trinajstić information content (AvgIpc) is 2.35. The van der Waals surface area contributed by atoms with E-state index in [1.165, 1.54) is 0 Å². The lowest BCUT2D eigenvalue weighted by Gasteiger charge is -2.32. The molecule has 0 spiro atoms. The molecular formula is C16H29NO4. The molecular weight excluding hydrogens is 270 g/mol. The fraction of sp³-hybridized carbons (Fsp3) is 0.875. The highest BCUT2D eigenvalue weighted by molar-refractivity contribution is 5.81. The van der Waals surface area contributed by atoms with Crippen molar-refractivity contribution < 1.29 is 19.1 Å². The number of hydrogen-bond acceptors (Lipinski definition) is 5. The number of rotatable bonds is 6. The number of ketones is 1. The van der Waals surface area contributed by atoms with E-state index in [1.807, 2.05) is 34.6 Å². The third-order valence-corrected chi connectivity index (χ3v) is 3.41. The first-order valence-corrected chi connectivity index (χ1v) is 7.76. The molecule has 1 heterocycles. The number of esters is 1. The van der Waals surface area contributed by atoms with Crippen LogP contribution in [0.25, 0.3) is 0 Å². The van der Waals surface area contributed by atoms with E-state index < -0.39 is 5.60 Å². The predicted molar refractivity (Wildman–Crippen MR) is 81.1 cm³/mol. The second kappa shape index (κ2) is 7.90. The zero-order chi connectivity index (χ0) is 16.0. The lowest BCUT2D eigenvalue weighted by atomic mass is 10.1. The van der Waals surface area contributed by atoms with Crippen LogP contribution in [0.1, 0.15) is 47.5 Å². The molecule has 0 aromatic heterocycles. The van der Waals surface area contributed by atoms with Gasteiger partial charge in [0.25, 0.3) is 0 Å². The van der Waals surface area contributed by atoms with Gasteiger partial charge in [-0.05, 0) is 33.6 Å². The Hall–Kier alpha value is -0.940. The summed E-state index contributed by atoms with van der Waals surface area (Å²) in [6, 6.07) is 0. The van der Waals surface area contributed by atoms with E-state index in [2.05, 4.69) is 4.90 Å². The molecule has 1 saturated heterocycles. The first-order valence-electron chi connectivity index (χ1n) is 7.76. The summed E-state index contributed by atoms with van der Waals surface area (Å²) in [7, 11) is 0. The summed E-state index contributed by atoms with van der Waals surface area (Å²) < 4.78 is 11.0. The number of carbonyl (C=O) groups is 2. The Bertz CT molecular complexity index is 352. The Labute approximate surface area is 128 Å². The zero-order valence-electron chi connectivity index (χ0n) is 14.0. The first kappa shape index (κ1) is 18.1. The van der Waals surface area contributed by atoms with Crippen molar-refractivity contribution in [2.45, 2.75) is 59.2 Å². The molecule has 0 aromatic rings. The van der Waals surface area contributed by atoms with E-state index in [1.54, 1.807) is 0 Å². The Kier molecular flexibility index (Phi) is 6.81. The summed E-state index contributed by atoms with van der Waals surface area (Å²) in [5, 5.41) is 0. The number of carbonyl (C=O) groups excluding carboxylic acids is 2. The van der Waals surface area contributed by atoms with Crippen molar-refractivity contribution in [1.82, 2.24) is 4.90 Å². The Morgan fingerprint density at radius 2 is 1.76 bits per heavy atom. The second-order valence-electron chi connectivity index (χ2n) is 6.99. The molecule has 21 heavy (non-hydrogen) atoms. The van der Waals surface area contributed by atoms with Crippen LogP contribution < -0.4 is 0 Å². The van der Waals surface area contributed by atoms with Gasteiger partial charge < -0.3 is 9.47 Å². The van der Waals surface area contributed by atoms with Crippen LogP contribution in [-0.2, 0) is 19.1 Å². The molecule has 0 saturated carbocycles. The van der Waals surface area contributed by atoms with Gasteiger partial charge >= 0.3 is 5.97 Å². The zero-order valence-corrected chi connectivity index (χ0v) is 14.0. The van der Waals surface area contributed by atoms with E-state index in [0.717, 1.165) is 25.9 Å². The van der Waals surface area contributed by atoms with Crippen molar-refractivity contribution >= 4 is 11.8 Å². The van der Waals surface area contributed by atoms with Crippen LogP contribution >= 0.6 is 0 Å². The number of Topliss-reactive ketones (excluding diaryl/α,β-unsaturated/α-hetero) is 1. The van der Waals surface area contributed by atoms with Crippen LogP contribution in [0.15, 0.2) is 0 Å². The molecule has 0 aromatic carbocycles. The maximum absolute atomic E-state index is 11.8.